The molecule has 1 heterocycles. The van der Waals surface area contributed by atoms with Crippen LogP contribution in [0, 0.1) is 29.3 Å². The molecule has 1 saturated carbocycles. The van der Waals surface area contributed by atoms with Crippen LogP contribution in [0.2, 0.25) is 0 Å². The molecule has 2 aromatic rings. The number of rotatable bonds is 14. The predicted molar refractivity (Wildman–Crippen MR) is 152 cm³/mol. The second-order valence-corrected chi connectivity index (χ2v) is 12.0. The number of allylic oxidation sites excluding steroid dienone is 1. The lowest BCUT2D eigenvalue weighted by Crippen LogP contribution is -2.39. The van der Waals surface area contributed by atoms with Gasteiger partial charge in [0, 0.05) is 61.6 Å². The summed E-state index contributed by atoms with van der Waals surface area (Å²) in [6.45, 7) is 6.30. The first-order valence-electron chi connectivity index (χ1n) is 13.9. The molecule has 9 nitrogen and oxygen atoms in total. The standard InChI is InChI=1S/C30H36F3N3O6S/c1-15(2)25(36(5)27(38)9-18-6-7-18)13-26(42-17(4)37)29-35-24(14-43-29)28(39)34-20(8-16(3)30(40)41)12-21-22(32)10-19(31)11-23(21)33/h10-11,14,16,18,20,26H,6-9,12-13H2,1-5H3,(H,34,39)(H,40,41)/t16-,20+,26+/m0/s1. The molecule has 2 N–H and O–H groups in total. The Morgan fingerprint density at radius 3 is 2.30 bits per heavy atom. The van der Waals surface area contributed by atoms with Crippen molar-refractivity contribution in [3.63, 3.8) is 0 Å². The molecule has 43 heavy (non-hydrogen) atoms. The molecular weight excluding hydrogens is 587 g/mol. The minimum atomic E-state index is -1.17. The summed E-state index contributed by atoms with van der Waals surface area (Å²) in [4.78, 5) is 55.3. The third kappa shape index (κ3) is 9.63. The summed E-state index contributed by atoms with van der Waals surface area (Å²) in [5, 5.41) is 13.7. The van der Waals surface area contributed by atoms with Gasteiger partial charge in [-0.05, 0) is 45.4 Å². The number of carbonyl (C=O) groups is 4. The third-order valence-corrected chi connectivity index (χ3v) is 8.12. The molecule has 0 unspecified atom stereocenters. The summed E-state index contributed by atoms with van der Waals surface area (Å²) in [6.07, 6.45) is 1.09. The van der Waals surface area contributed by atoms with Gasteiger partial charge in [0.25, 0.3) is 5.91 Å². The van der Waals surface area contributed by atoms with Gasteiger partial charge in [0.2, 0.25) is 5.91 Å². The van der Waals surface area contributed by atoms with Crippen molar-refractivity contribution < 1.29 is 42.2 Å². The van der Waals surface area contributed by atoms with Crippen LogP contribution in [0.25, 0.3) is 0 Å². The number of hydrogen-bond acceptors (Lipinski definition) is 7. The van der Waals surface area contributed by atoms with E-state index in [1.54, 1.807) is 11.9 Å². The zero-order valence-electron chi connectivity index (χ0n) is 24.7. The van der Waals surface area contributed by atoms with Crippen molar-refractivity contribution >= 4 is 35.1 Å². The van der Waals surface area contributed by atoms with Crippen LogP contribution in [0.3, 0.4) is 0 Å². The van der Waals surface area contributed by atoms with E-state index in [-0.39, 0.29) is 29.5 Å². The van der Waals surface area contributed by atoms with Crippen LogP contribution in [-0.4, -0.2) is 51.8 Å². The summed E-state index contributed by atoms with van der Waals surface area (Å²) in [5.41, 5.74) is 0.924. The molecule has 0 radical (unpaired) electrons. The lowest BCUT2D eigenvalue weighted by molar-refractivity contribution is -0.147. The second kappa shape index (κ2) is 14.6. The number of benzene rings is 1. The number of nitrogens with one attached hydrogen (secondary N) is 1. The van der Waals surface area contributed by atoms with Gasteiger partial charge < -0.3 is 20.1 Å². The Labute approximate surface area is 252 Å². The Balaban J connectivity index is 1.82. The normalized spacial score (nSPS) is 14.8. The van der Waals surface area contributed by atoms with E-state index >= 15 is 0 Å². The predicted octanol–water partition coefficient (Wildman–Crippen LogP) is 5.56. The van der Waals surface area contributed by atoms with E-state index in [1.165, 1.54) is 19.2 Å². The number of nitrogens with zero attached hydrogens (tertiary/aromatic N) is 2. The topological polar surface area (TPSA) is 126 Å². The molecule has 0 aliphatic heterocycles. The van der Waals surface area contributed by atoms with Gasteiger partial charge in [0.15, 0.2) is 6.10 Å². The molecule has 1 aliphatic carbocycles. The first-order valence-corrected chi connectivity index (χ1v) is 14.8. The van der Waals surface area contributed by atoms with Crippen LogP contribution >= 0.6 is 11.3 Å². The number of carbonyl (C=O) groups excluding carboxylic acids is 3. The maximum absolute atomic E-state index is 14.4. The quantitative estimate of drug-likeness (QED) is 0.264. The number of aliphatic carboxylic acids is 1. The number of ether oxygens (including phenoxy) is 1. The first kappa shape index (κ1) is 33.8. The van der Waals surface area contributed by atoms with Gasteiger partial charge in [-0.15, -0.1) is 11.3 Å². The fourth-order valence-corrected chi connectivity index (χ4v) is 5.45. The smallest absolute Gasteiger partial charge is 0.306 e. The van der Waals surface area contributed by atoms with E-state index < -0.39 is 65.3 Å². The highest BCUT2D eigenvalue weighted by Gasteiger charge is 2.30. The molecule has 3 atom stereocenters. The average Bonchev–Trinajstić information content (AvgIpc) is 3.58. The summed E-state index contributed by atoms with van der Waals surface area (Å²) < 4.78 is 47.7. The zero-order chi connectivity index (χ0) is 32.0. The molecule has 1 fully saturated rings. The molecule has 1 aliphatic rings. The Hall–Kier alpha value is -3.74. The van der Waals surface area contributed by atoms with Crippen molar-refractivity contribution in [1.82, 2.24) is 15.2 Å². The maximum atomic E-state index is 14.4. The molecule has 13 heteroatoms. The molecule has 2 amide bonds. The zero-order valence-corrected chi connectivity index (χ0v) is 25.5. The molecular formula is C30H36F3N3O6S. The number of halogens is 3. The van der Waals surface area contributed by atoms with Crippen molar-refractivity contribution in [3.05, 3.63) is 62.5 Å². The van der Waals surface area contributed by atoms with Crippen LogP contribution in [0.5, 0.6) is 0 Å². The van der Waals surface area contributed by atoms with Crippen molar-refractivity contribution in [2.75, 3.05) is 7.05 Å². The van der Waals surface area contributed by atoms with Gasteiger partial charge in [-0.25, -0.2) is 18.2 Å². The lowest BCUT2D eigenvalue weighted by atomic mass is 9.95. The minimum Gasteiger partial charge on any atom is -0.481 e. The Kier molecular flexibility index (Phi) is 11.5. The van der Waals surface area contributed by atoms with E-state index in [2.05, 4.69) is 10.3 Å². The lowest BCUT2D eigenvalue weighted by Gasteiger charge is -2.26. The minimum absolute atomic E-state index is 0.0462. The van der Waals surface area contributed by atoms with Gasteiger partial charge in [0.05, 0.1) is 5.92 Å². The molecule has 3 rings (SSSR count). The summed E-state index contributed by atoms with van der Waals surface area (Å²) in [5.74, 6) is -6.55. The molecule has 1 aromatic carbocycles. The number of aromatic nitrogens is 1. The second-order valence-electron chi connectivity index (χ2n) is 11.1. The first-order chi connectivity index (χ1) is 20.2. The maximum Gasteiger partial charge on any atom is 0.306 e. The fourth-order valence-electron chi connectivity index (χ4n) is 4.62. The van der Waals surface area contributed by atoms with E-state index in [0.29, 0.717) is 30.2 Å². The number of esters is 1. The monoisotopic (exact) mass is 623 g/mol. The number of hydrogen-bond donors (Lipinski definition) is 2. The average molecular weight is 624 g/mol. The summed E-state index contributed by atoms with van der Waals surface area (Å²) >= 11 is 1.05. The highest BCUT2D eigenvalue weighted by atomic mass is 32.1. The van der Waals surface area contributed by atoms with Gasteiger partial charge in [0.1, 0.15) is 28.2 Å². The molecule has 1 aromatic heterocycles. The van der Waals surface area contributed by atoms with E-state index in [0.717, 1.165) is 29.8 Å². The molecule has 0 bridgehead atoms. The van der Waals surface area contributed by atoms with Gasteiger partial charge >= 0.3 is 11.9 Å². The molecule has 0 spiro atoms. The van der Waals surface area contributed by atoms with Crippen molar-refractivity contribution in [2.24, 2.45) is 11.8 Å². The van der Waals surface area contributed by atoms with Crippen LogP contribution in [0.15, 0.2) is 28.8 Å². The van der Waals surface area contributed by atoms with E-state index in [9.17, 15) is 37.5 Å². The van der Waals surface area contributed by atoms with Crippen LogP contribution in [0.4, 0.5) is 13.2 Å². The number of amides is 2. The third-order valence-electron chi connectivity index (χ3n) is 7.18. The summed E-state index contributed by atoms with van der Waals surface area (Å²) in [6, 6.07) is -0.0135. The molecule has 0 saturated heterocycles. The van der Waals surface area contributed by atoms with Crippen molar-refractivity contribution in [2.45, 2.75) is 78.4 Å². The highest BCUT2D eigenvalue weighted by Crippen LogP contribution is 2.35. The van der Waals surface area contributed by atoms with Crippen LogP contribution in [-0.2, 0) is 25.5 Å². The Morgan fingerprint density at radius 1 is 1.14 bits per heavy atom. The summed E-state index contributed by atoms with van der Waals surface area (Å²) in [7, 11) is 1.67. The number of carboxylic acids is 1. The number of carboxylic acid groups (broad SMARTS) is 1. The number of thiazole rings is 1. The fraction of sp³-hybridized carbons (Fsp3) is 0.500. The van der Waals surface area contributed by atoms with Crippen LogP contribution in [0.1, 0.15) is 87.0 Å². The SMILES string of the molecule is CC(=O)O[C@H](CC(=C(C)C)N(C)C(=O)CC1CC1)c1nc(C(=O)N[C@@H](Cc2c(F)cc(F)cc2F)C[C@H](C)C(=O)O)cs1. The van der Waals surface area contributed by atoms with Gasteiger partial charge in [-0.3, -0.25) is 19.2 Å². The van der Waals surface area contributed by atoms with E-state index in [1.807, 2.05) is 13.8 Å². The Morgan fingerprint density at radius 2 is 1.77 bits per heavy atom. The van der Waals surface area contributed by atoms with Gasteiger partial charge in [-0.1, -0.05) is 12.5 Å². The van der Waals surface area contributed by atoms with Gasteiger partial charge in [-0.2, -0.15) is 0 Å². The molecule has 234 valence electrons. The van der Waals surface area contributed by atoms with Crippen LogP contribution < -0.4 is 5.32 Å². The Bertz CT molecular complexity index is 1380. The van der Waals surface area contributed by atoms with Crippen molar-refractivity contribution in [1.29, 1.82) is 0 Å². The van der Waals surface area contributed by atoms with Crippen molar-refractivity contribution in [3.8, 4) is 0 Å². The van der Waals surface area contributed by atoms with E-state index in [4.69, 9.17) is 4.74 Å². The largest absolute Gasteiger partial charge is 0.481 e. The highest BCUT2D eigenvalue weighted by molar-refractivity contribution is 7.09.